The van der Waals surface area contributed by atoms with Crippen LogP contribution in [0.3, 0.4) is 0 Å². The summed E-state index contributed by atoms with van der Waals surface area (Å²) in [7, 11) is 0. The van der Waals surface area contributed by atoms with Crippen molar-refractivity contribution in [3.05, 3.63) is 242 Å². The van der Waals surface area contributed by atoms with Crippen molar-refractivity contribution in [2.24, 2.45) is 0 Å². The normalized spacial score (nSPS) is 12.0. The summed E-state index contributed by atoms with van der Waals surface area (Å²) in [4.78, 5) is 4.79. The van der Waals surface area contributed by atoms with E-state index >= 15 is 0 Å². The third-order valence-electron chi connectivity index (χ3n) is 11.8. The van der Waals surface area contributed by atoms with Crippen LogP contribution in [-0.4, -0.2) is 0 Å². The minimum atomic E-state index is 0.845. The highest BCUT2D eigenvalue weighted by Crippen LogP contribution is 2.47. The maximum atomic E-state index is 2.45. The predicted octanol–water partition coefficient (Wildman–Crippen LogP) is 15.8. The molecule has 0 aromatic heterocycles. The fraction of sp³-hybridized carbons (Fsp3) is 0.0175. The third kappa shape index (κ3) is 6.42. The van der Waals surface area contributed by atoms with E-state index in [4.69, 9.17) is 0 Å². The van der Waals surface area contributed by atoms with Gasteiger partial charge in [-0.3, -0.25) is 0 Å². The van der Waals surface area contributed by atoms with E-state index in [1.807, 2.05) is 0 Å². The lowest BCUT2D eigenvalue weighted by molar-refractivity contribution is 1.09. The molecule has 2 heteroatoms. The van der Waals surface area contributed by atoms with Gasteiger partial charge in [0.2, 0.25) is 0 Å². The van der Waals surface area contributed by atoms with Crippen molar-refractivity contribution in [3.63, 3.8) is 0 Å². The molecule has 59 heavy (non-hydrogen) atoms. The van der Waals surface area contributed by atoms with Gasteiger partial charge >= 0.3 is 0 Å². The lowest BCUT2D eigenvalue weighted by atomic mass is 9.89. The first-order valence-corrected chi connectivity index (χ1v) is 20.4. The van der Waals surface area contributed by atoms with Gasteiger partial charge in [0.1, 0.15) is 0 Å². The first-order valence-electron chi connectivity index (χ1n) is 20.4. The van der Waals surface area contributed by atoms with Crippen LogP contribution >= 0.6 is 0 Å². The SMILES string of the molecule is c1ccc(-c2ccc(N3c4ccc(-c5ccc(N(c6ccccc6)c6ccc7ccccc7c6)cc5)cc4Cc4cc(-c5cccc6ccccc56)ccc43)cc2)cc1. The fourth-order valence-corrected chi connectivity index (χ4v) is 8.90. The van der Waals surface area contributed by atoms with E-state index in [-0.39, 0.29) is 0 Å². The number of rotatable bonds is 7. The highest BCUT2D eigenvalue weighted by atomic mass is 15.2. The maximum absolute atomic E-state index is 2.45. The van der Waals surface area contributed by atoms with Gasteiger partial charge in [0.15, 0.2) is 0 Å². The zero-order valence-electron chi connectivity index (χ0n) is 32.5. The number of para-hydroxylation sites is 1. The molecular weight excluding hydrogens is 713 g/mol. The molecule has 10 aromatic carbocycles. The Bertz CT molecular complexity index is 3110. The highest BCUT2D eigenvalue weighted by molar-refractivity contribution is 5.98. The number of nitrogens with zero attached hydrogens (tertiary/aromatic N) is 2. The second-order valence-corrected chi connectivity index (χ2v) is 15.4. The molecule has 0 bridgehead atoms. The molecule has 0 N–H and O–H groups in total. The first-order chi connectivity index (χ1) is 29.2. The van der Waals surface area contributed by atoms with Gasteiger partial charge in [-0.25, -0.2) is 0 Å². The molecule has 0 spiro atoms. The van der Waals surface area contributed by atoms with Crippen molar-refractivity contribution < 1.29 is 0 Å². The van der Waals surface area contributed by atoms with Gasteiger partial charge in [0.05, 0.1) is 0 Å². The molecular formula is C57H40N2. The van der Waals surface area contributed by atoms with Gasteiger partial charge in [-0.05, 0) is 139 Å². The molecule has 278 valence electrons. The van der Waals surface area contributed by atoms with Crippen LogP contribution in [-0.2, 0) is 6.42 Å². The number of benzene rings is 10. The number of anilines is 6. The monoisotopic (exact) mass is 752 g/mol. The molecule has 0 amide bonds. The van der Waals surface area contributed by atoms with Gasteiger partial charge < -0.3 is 9.80 Å². The van der Waals surface area contributed by atoms with E-state index in [2.05, 4.69) is 240 Å². The van der Waals surface area contributed by atoms with Crippen LogP contribution in [0.2, 0.25) is 0 Å². The van der Waals surface area contributed by atoms with E-state index in [1.165, 1.54) is 77.4 Å². The van der Waals surface area contributed by atoms with Crippen molar-refractivity contribution in [2.75, 3.05) is 9.80 Å². The smallest absolute Gasteiger partial charge is 0.0497 e. The predicted molar refractivity (Wildman–Crippen MR) is 250 cm³/mol. The summed E-state index contributed by atoms with van der Waals surface area (Å²) in [6, 6.07) is 83.9. The first kappa shape index (κ1) is 34.6. The quantitative estimate of drug-likeness (QED) is 0.160. The van der Waals surface area contributed by atoms with E-state index in [0.29, 0.717) is 0 Å². The van der Waals surface area contributed by atoms with Gasteiger partial charge in [-0.15, -0.1) is 0 Å². The van der Waals surface area contributed by atoms with Crippen LogP contribution in [0.15, 0.2) is 231 Å². The molecule has 1 heterocycles. The molecule has 10 aromatic rings. The van der Waals surface area contributed by atoms with E-state index < -0.39 is 0 Å². The zero-order valence-corrected chi connectivity index (χ0v) is 32.5. The van der Waals surface area contributed by atoms with Gasteiger partial charge in [-0.2, -0.15) is 0 Å². The summed E-state index contributed by atoms with van der Waals surface area (Å²) in [6.45, 7) is 0. The van der Waals surface area contributed by atoms with Crippen molar-refractivity contribution in [3.8, 4) is 33.4 Å². The average Bonchev–Trinajstić information content (AvgIpc) is 3.31. The van der Waals surface area contributed by atoms with Crippen LogP contribution in [0.25, 0.3) is 54.9 Å². The molecule has 0 saturated carbocycles. The standard InChI is InChI=1S/C57H40N2/c1-3-12-40(13-4-1)42-22-31-52(32-23-42)59-56-34-27-46(36-48(56)38-49-37-47(28-35-57(49)59)55-21-11-17-44-15-9-10-20-54(44)55)43-24-29-51(30-25-43)58(50-18-5-2-6-19-50)53-33-26-41-14-7-8-16-45(41)39-53/h1-37,39H,38H2. The van der Waals surface area contributed by atoms with E-state index in [9.17, 15) is 0 Å². The molecule has 2 nitrogen and oxygen atoms in total. The van der Waals surface area contributed by atoms with E-state index in [1.54, 1.807) is 0 Å². The van der Waals surface area contributed by atoms with Gasteiger partial charge in [0, 0.05) is 40.5 Å². The zero-order chi connectivity index (χ0) is 39.1. The number of hydrogen-bond acceptors (Lipinski definition) is 2. The molecule has 0 fully saturated rings. The van der Waals surface area contributed by atoms with Crippen molar-refractivity contribution in [1.29, 1.82) is 0 Å². The third-order valence-corrected chi connectivity index (χ3v) is 11.8. The highest BCUT2D eigenvalue weighted by Gasteiger charge is 2.26. The summed E-state index contributed by atoms with van der Waals surface area (Å²) in [6.07, 6.45) is 0.845. The maximum Gasteiger partial charge on any atom is 0.0497 e. The van der Waals surface area contributed by atoms with Crippen LogP contribution in [0, 0.1) is 0 Å². The Morgan fingerprint density at radius 3 is 1.61 bits per heavy atom. The van der Waals surface area contributed by atoms with Crippen LogP contribution in [0.5, 0.6) is 0 Å². The lowest BCUT2D eigenvalue weighted by Crippen LogP contribution is -2.18. The fourth-order valence-electron chi connectivity index (χ4n) is 8.90. The Balaban J connectivity index is 0.985. The van der Waals surface area contributed by atoms with E-state index in [0.717, 1.165) is 29.2 Å². The summed E-state index contributed by atoms with van der Waals surface area (Å²) >= 11 is 0. The van der Waals surface area contributed by atoms with Crippen LogP contribution in [0.4, 0.5) is 34.1 Å². The van der Waals surface area contributed by atoms with Crippen molar-refractivity contribution >= 4 is 55.7 Å². The Kier molecular flexibility index (Phi) is 8.60. The number of fused-ring (bicyclic) bond motifs is 4. The van der Waals surface area contributed by atoms with Crippen LogP contribution in [0.1, 0.15) is 11.1 Å². The van der Waals surface area contributed by atoms with Crippen LogP contribution < -0.4 is 9.80 Å². The minimum absolute atomic E-state index is 0.845. The largest absolute Gasteiger partial charge is 0.310 e. The molecule has 0 unspecified atom stereocenters. The molecule has 1 aliphatic rings. The Morgan fingerprint density at radius 2 is 0.847 bits per heavy atom. The average molecular weight is 753 g/mol. The number of hydrogen-bond donors (Lipinski definition) is 0. The molecule has 0 aliphatic carbocycles. The summed E-state index contributed by atoms with van der Waals surface area (Å²) < 4.78 is 0. The molecule has 1 aliphatic heterocycles. The minimum Gasteiger partial charge on any atom is -0.310 e. The Labute approximate surface area is 345 Å². The molecule has 11 rings (SSSR count). The summed E-state index contributed by atoms with van der Waals surface area (Å²) in [5.74, 6) is 0. The second kappa shape index (κ2) is 14.7. The molecule has 0 radical (unpaired) electrons. The topological polar surface area (TPSA) is 6.48 Å². The second-order valence-electron chi connectivity index (χ2n) is 15.4. The summed E-state index contributed by atoms with van der Waals surface area (Å²) in [5, 5.41) is 5.00. The van der Waals surface area contributed by atoms with Crippen molar-refractivity contribution in [2.45, 2.75) is 6.42 Å². The van der Waals surface area contributed by atoms with Crippen molar-refractivity contribution in [1.82, 2.24) is 0 Å². The molecule has 0 saturated heterocycles. The molecule has 0 atom stereocenters. The summed E-state index contributed by atoms with van der Waals surface area (Å²) in [5.41, 5.74) is 16.9. The Hall–Kier alpha value is -7.68. The van der Waals surface area contributed by atoms with Gasteiger partial charge in [0.25, 0.3) is 0 Å². The van der Waals surface area contributed by atoms with Gasteiger partial charge in [-0.1, -0.05) is 158 Å². The lowest BCUT2D eigenvalue weighted by Gasteiger charge is -2.34. The Morgan fingerprint density at radius 1 is 0.322 bits per heavy atom.